The highest BCUT2D eigenvalue weighted by Gasteiger charge is 2.39. The summed E-state index contributed by atoms with van der Waals surface area (Å²) >= 11 is 0. The molecule has 136 valence electrons. The van der Waals surface area contributed by atoms with Crippen LogP contribution in [-0.4, -0.2) is 43.7 Å². The van der Waals surface area contributed by atoms with Crippen molar-refractivity contribution >= 4 is 15.7 Å². The van der Waals surface area contributed by atoms with Crippen LogP contribution in [0, 0.1) is 11.3 Å². The normalized spacial score (nSPS) is 18.0. The molecule has 2 rings (SSSR count). The monoisotopic (exact) mass is 364 g/mol. The number of nitrogens with zero attached hydrogens (tertiary/aromatic N) is 2. The fraction of sp³-hybridized carbons (Fsp3) is 0.556. The molecule has 0 N–H and O–H groups in total. The Hall–Kier alpha value is -2.07. The number of carbonyl (C=O) groups excluding carboxylic acids is 1. The number of amides is 1. The summed E-state index contributed by atoms with van der Waals surface area (Å²) in [4.78, 5) is 14.0. The van der Waals surface area contributed by atoms with Gasteiger partial charge in [0.25, 0.3) is 0 Å². The van der Waals surface area contributed by atoms with E-state index in [2.05, 4.69) is 6.07 Å². The van der Waals surface area contributed by atoms with Gasteiger partial charge in [-0.1, -0.05) is 12.1 Å². The highest BCUT2D eigenvalue weighted by atomic mass is 32.2. The van der Waals surface area contributed by atoms with E-state index in [9.17, 15) is 13.2 Å². The lowest BCUT2D eigenvalue weighted by molar-refractivity contribution is -0.131. The number of methoxy groups -OCH3 is 1. The molecule has 0 spiro atoms. The topological polar surface area (TPSA) is 87.5 Å². The molecule has 0 aliphatic carbocycles. The fourth-order valence-corrected chi connectivity index (χ4v) is 4.28. The van der Waals surface area contributed by atoms with Gasteiger partial charge in [-0.3, -0.25) is 4.79 Å². The minimum atomic E-state index is -3.55. The molecule has 1 fully saturated rings. The molecule has 1 aromatic carbocycles. The number of hydrogen-bond acceptors (Lipinski definition) is 5. The molecule has 1 amide bonds. The molecule has 1 atom stereocenters. The Kier molecular flexibility index (Phi) is 5.73. The number of carbonyl (C=O) groups is 1. The minimum absolute atomic E-state index is 0.121. The summed E-state index contributed by atoms with van der Waals surface area (Å²) in [6.45, 7) is 3.66. The average Bonchev–Trinajstić information content (AvgIpc) is 3.03. The van der Waals surface area contributed by atoms with Crippen LogP contribution in [0.3, 0.4) is 0 Å². The van der Waals surface area contributed by atoms with Crippen molar-refractivity contribution in [3.05, 3.63) is 29.8 Å². The molecule has 0 bridgehead atoms. The van der Waals surface area contributed by atoms with E-state index in [1.807, 2.05) is 0 Å². The molecule has 1 saturated heterocycles. The van der Waals surface area contributed by atoms with Gasteiger partial charge in [0.2, 0.25) is 5.91 Å². The zero-order chi connectivity index (χ0) is 18.7. The lowest BCUT2D eigenvalue weighted by Gasteiger charge is -2.28. The predicted molar refractivity (Wildman–Crippen MR) is 94.7 cm³/mol. The predicted octanol–water partition coefficient (Wildman–Crippen LogP) is 2.29. The Labute approximate surface area is 149 Å². The molecule has 1 aliphatic heterocycles. The van der Waals surface area contributed by atoms with Gasteiger partial charge in [0.15, 0.2) is 9.84 Å². The summed E-state index contributed by atoms with van der Waals surface area (Å²) < 4.78 is 29.5. The fourth-order valence-electron chi connectivity index (χ4n) is 2.91. The van der Waals surface area contributed by atoms with Gasteiger partial charge in [-0.25, -0.2) is 8.42 Å². The van der Waals surface area contributed by atoms with Crippen molar-refractivity contribution in [2.24, 2.45) is 0 Å². The molecular weight excluding hydrogens is 340 g/mol. The summed E-state index contributed by atoms with van der Waals surface area (Å²) in [6, 6.07) is 8.52. The number of rotatable bonds is 6. The molecule has 1 aromatic rings. The van der Waals surface area contributed by atoms with E-state index in [4.69, 9.17) is 10.00 Å². The second-order valence-corrected chi connectivity index (χ2v) is 9.54. The smallest absolute Gasteiger partial charge is 0.225 e. The minimum Gasteiger partial charge on any atom is -0.497 e. The van der Waals surface area contributed by atoms with Gasteiger partial charge in [0.05, 0.1) is 23.7 Å². The summed E-state index contributed by atoms with van der Waals surface area (Å²) in [5.74, 6) is 0.249. The van der Waals surface area contributed by atoms with E-state index in [0.29, 0.717) is 24.3 Å². The summed E-state index contributed by atoms with van der Waals surface area (Å²) in [5.41, 5.74) is 0.650. The molecular formula is C18H24N2O4S. The number of ether oxygens (including phenoxy) is 1. The van der Waals surface area contributed by atoms with Crippen LogP contribution in [0.1, 0.15) is 38.7 Å². The van der Waals surface area contributed by atoms with Crippen LogP contribution in [0.5, 0.6) is 5.75 Å². The first-order valence-electron chi connectivity index (χ1n) is 8.24. The lowest BCUT2D eigenvalue weighted by Crippen LogP contribution is -2.42. The quantitative estimate of drug-likeness (QED) is 0.773. The second kappa shape index (κ2) is 7.44. The third kappa shape index (κ3) is 4.31. The van der Waals surface area contributed by atoms with Crippen molar-refractivity contribution in [1.82, 2.24) is 4.90 Å². The first-order chi connectivity index (χ1) is 11.7. The summed E-state index contributed by atoms with van der Waals surface area (Å²) in [7, 11) is -2.00. The Morgan fingerprint density at radius 1 is 1.36 bits per heavy atom. The number of benzene rings is 1. The molecule has 25 heavy (non-hydrogen) atoms. The van der Waals surface area contributed by atoms with Gasteiger partial charge in [0, 0.05) is 13.0 Å². The van der Waals surface area contributed by atoms with Crippen molar-refractivity contribution in [2.75, 3.05) is 13.7 Å². The molecule has 6 nitrogen and oxygen atoms in total. The van der Waals surface area contributed by atoms with Crippen LogP contribution in [0.4, 0.5) is 0 Å². The zero-order valence-electron chi connectivity index (χ0n) is 14.9. The van der Waals surface area contributed by atoms with Gasteiger partial charge >= 0.3 is 0 Å². The Balaban J connectivity index is 2.10. The van der Waals surface area contributed by atoms with Crippen molar-refractivity contribution in [1.29, 1.82) is 5.26 Å². The van der Waals surface area contributed by atoms with E-state index in [0.717, 1.165) is 6.42 Å². The first-order valence-corrected chi connectivity index (χ1v) is 9.90. The van der Waals surface area contributed by atoms with Gasteiger partial charge in [-0.15, -0.1) is 0 Å². The maximum atomic E-state index is 12.8. The van der Waals surface area contributed by atoms with Crippen LogP contribution in [-0.2, 0) is 20.4 Å². The van der Waals surface area contributed by atoms with Crippen LogP contribution < -0.4 is 4.74 Å². The van der Waals surface area contributed by atoms with E-state index >= 15 is 0 Å². The molecule has 0 saturated carbocycles. The molecule has 1 heterocycles. The highest BCUT2D eigenvalue weighted by molar-refractivity contribution is 7.92. The van der Waals surface area contributed by atoms with Gasteiger partial charge in [0.1, 0.15) is 11.8 Å². The van der Waals surface area contributed by atoms with Crippen molar-refractivity contribution in [3.63, 3.8) is 0 Å². The maximum absolute atomic E-state index is 12.8. The maximum Gasteiger partial charge on any atom is 0.225 e. The Morgan fingerprint density at radius 2 is 2.00 bits per heavy atom. The van der Waals surface area contributed by atoms with Crippen LogP contribution in [0.25, 0.3) is 0 Å². The standard InChI is InChI=1S/C18H24N2O4S/c1-18(2,11-17(21)20-10-4-5-15(20)12-19)25(22,23)13-14-6-8-16(24-3)9-7-14/h6-9,15H,4-5,10-11,13H2,1-3H3. The summed E-state index contributed by atoms with van der Waals surface area (Å²) in [6.07, 6.45) is 1.31. The Morgan fingerprint density at radius 3 is 2.56 bits per heavy atom. The largest absolute Gasteiger partial charge is 0.497 e. The van der Waals surface area contributed by atoms with Crippen LogP contribution in [0.2, 0.25) is 0 Å². The van der Waals surface area contributed by atoms with Crippen molar-refractivity contribution < 1.29 is 17.9 Å². The Bertz CT molecular complexity index is 763. The van der Waals surface area contributed by atoms with E-state index in [-0.39, 0.29) is 18.1 Å². The van der Waals surface area contributed by atoms with Gasteiger partial charge in [-0.05, 0) is 44.4 Å². The number of nitriles is 1. The highest BCUT2D eigenvalue weighted by Crippen LogP contribution is 2.28. The van der Waals surface area contributed by atoms with Crippen LogP contribution >= 0.6 is 0 Å². The third-order valence-electron chi connectivity index (χ3n) is 4.66. The first kappa shape index (κ1) is 19.3. The molecule has 0 aromatic heterocycles. The molecule has 0 radical (unpaired) electrons. The number of sulfone groups is 1. The molecule has 1 aliphatic rings. The van der Waals surface area contributed by atoms with Crippen molar-refractivity contribution in [2.45, 2.75) is 49.7 Å². The SMILES string of the molecule is COc1ccc(CS(=O)(=O)C(C)(C)CC(=O)N2CCCC2C#N)cc1. The van der Waals surface area contributed by atoms with E-state index < -0.39 is 20.6 Å². The summed E-state index contributed by atoms with van der Waals surface area (Å²) in [5, 5.41) is 9.11. The van der Waals surface area contributed by atoms with E-state index in [1.54, 1.807) is 45.2 Å². The average molecular weight is 364 g/mol. The number of hydrogen-bond donors (Lipinski definition) is 0. The lowest BCUT2D eigenvalue weighted by atomic mass is 10.1. The zero-order valence-corrected chi connectivity index (χ0v) is 15.7. The van der Waals surface area contributed by atoms with E-state index in [1.165, 1.54) is 4.90 Å². The van der Waals surface area contributed by atoms with Gasteiger partial charge < -0.3 is 9.64 Å². The van der Waals surface area contributed by atoms with Gasteiger partial charge in [-0.2, -0.15) is 5.26 Å². The van der Waals surface area contributed by atoms with Crippen molar-refractivity contribution in [3.8, 4) is 11.8 Å². The molecule has 7 heteroatoms. The van der Waals surface area contributed by atoms with Crippen LogP contribution in [0.15, 0.2) is 24.3 Å². The molecule has 1 unspecified atom stereocenters. The number of likely N-dealkylation sites (tertiary alicyclic amines) is 1. The second-order valence-electron chi connectivity index (χ2n) is 6.92. The third-order valence-corrected chi connectivity index (χ3v) is 7.20.